The zero-order valence-electron chi connectivity index (χ0n) is 18.7. The van der Waals surface area contributed by atoms with Crippen LogP contribution in [0.1, 0.15) is 27.6 Å². The Bertz CT molecular complexity index is 761. The molecule has 1 aromatic heterocycles. The molecule has 0 saturated carbocycles. The summed E-state index contributed by atoms with van der Waals surface area (Å²) in [5, 5.41) is 8.03. The second kappa shape index (κ2) is 12.0. The van der Waals surface area contributed by atoms with Crippen LogP contribution in [0.25, 0.3) is 0 Å². The van der Waals surface area contributed by atoms with E-state index in [4.69, 9.17) is 0 Å². The number of guanidine groups is 1. The van der Waals surface area contributed by atoms with E-state index in [2.05, 4.69) is 74.6 Å². The van der Waals surface area contributed by atoms with E-state index in [9.17, 15) is 0 Å². The summed E-state index contributed by atoms with van der Waals surface area (Å²) in [6.45, 7) is 12.8. The molecule has 2 heterocycles. The van der Waals surface area contributed by atoms with Crippen molar-refractivity contribution in [1.29, 1.82) is 0 Å². The minimum Gasteiger partial charge on any atom is -0.356 e. The average Bonchev–Trinajstić information content (AvgIpc) is 3.09. The van der Waals surface area contributed by atoms with Crippen molar-refractivity contribution in [3.05, 3.63) is 51.5 Å². The molecule has 0 amide bonds. The van der Waals surface area contributed by atoms with Crippen LogP contribution in [0.3, 0.4) is 0 Å². The molecule has 1 saturated heterocycles. The van der Waals surface area contributed by atoms with Gasteiger partial charge in [-0.05, 0) is 32.4 Å². The number of thiazole rings is 1. The fourth-order valence-electron chi connectivity index (χ4n) is 3.68. The van der Waals surface area contributed by atoms with E-state index < -0.39 is 0 Å². The van der Waals surface area contributed by atoms with Crippen LogP contribution in [0, 0.1) is 13.8 Å². The van der Waals surface area contributed by atoms with Gasteiger partial charge in [0.2, 0.25) is 0 Å². The Kier molecular flexibility index (Phi) is 9.11. The van der Waals surface area contributed by atoms with Crippen LogP contribution in [0.15, 0.2) is 35.3 Å². The smallest absolute Gasteiger partial charge is 0.190 e. The number of aryl methyl sites for hydroxylation is 2. The van der Waals surface area contributed by atoms with Crippen LogP contribution < -0.4 is 10.6 Å². The Morgan fingerprint density at radius 1 is 1.03 bits per heavy atom. The van der Waals surface area contributed by atoms with Crippen molar-refractivity contribution in [1.82, 2.24) is 25.4 Å². The highest BCUT2D eigenvalue weighted by atomic mass is 32.1. The molecule has 1 aliphatic heterocycles. The molecule has 2 aromatic rings. The Hall–Kier alpha value is -1.96. The molecule has 0 aliphatic carbocycles. The predicted octanol–water partition coefficient (Wildman–Crippen LogP) is 2.68. The molecule has 3 rings (SSSR count). The molecule has 1 aromatic carbocycles. The monoisotopic (exact) mass is 428 g/mol. The van der Waals surface area contributed by atoms with Gasteiger partial charge in [0.15, 0.2) is 5.96 Å². The van der Waals surface area contributed by atoms with Crippen molar-refractivity contribution < 1.29 is 0 Å². The SMILES string of the molecule is CN=C(NCCCN1CCN(Cc2ccccc2)CC1)NCCc1nc(C)c(C)s1. The summed E-state index contributed by atoms with van der Waals surface area (Å²) in [6, 6.07) is 10.8. The lowest BCUT2D eigenvalue weighted by molar-refractivity contribution is 0.126. The van der Waals surface area contributed by atoms with Gasteiger partial charge in [-0.3, -0.25) is 9.89 Å². The Labute approximate surface area is 185 Å². The number of benzene rings is 1. The van der Waals surface area contributed by atoms with Crippen LogP contribution >= 0.6 is 11.3 Å². The quantitative estimate of drug-likeness (QED) is 0.365. The minimum absolute atomic E-state index is 0.857. The van der Waals surface area contributed by atoms with Crippen molar-refractivity contribution in [3.63, 3.8) is 0 Å². The van der Waals surface area contributed by atoms with E-state index in [0.717, 1.165) is 76.9 Å². The van der Waals surface area contributed by atoms with Crippen LogP contribution in [-0.4, -0.2) is 73.6 Å². The fraction of sp³-hybridized carbons (Fsp3) is 0.565. The van der Waals surface area contributed by atoms with Gasteiger partial charge in [-0.1, -0.05) is 30.3 Å². The largest absolute Gasteiger partial charge is 0.356 e. The number of hydrogen-bond donors (Lipinski definition) is 2. The van der Waals surface area contributed by atoms with Gasteiger partial charge in [0.1, 0.15) is 0 Å². The van der Waals surface area contributed by atoms with Crippen molar-refractivity contribution in [2.24, 2.45) is 4.99 Å². The summed E-state index contributed by atoms with van der Waals surface area (Å²) < 4.78 is 0. The molecule has 0 spiro atoms. The molecule has 0 radical (unpaired) electrons. The van der Waals surface area contributed by atoms with Crippen LogP contribution in [0.5, 0.6) is 0 Å². The van der Waals surface area contributed by atoms with E-state index in [0.29, 0.717) is 0 Å². The third-order valence-corrected chi connectivity index (χ3v) is 6.72. The number of aliphatic imine (C=N–C) groups is 1. The van der Waals surface area contributed by atoms with Crippen molar-refractivity contribution in [2.45, 2.75) is 33.2 Å². The molecular formula is C23H36N6S. The molecule has 30 heavy (non-hydrogen) atoms. The Balaban J connectivity index is 1.25. The van der Waals surface area contributed by atoms with Crippen LogP contribution in [-0.2, 0) is 13.0 Å². The molecule has 0 atom stereocenters. The number of hydrogen-bond acceptors (Lipinski definition) is 5. The van der Waals surface area contributed by atoms with Gasteiger partial charge in [-0.15, -0.1) is 11.3 Å². The van der Waals surface area contributed by atoms with E-state index in [1.165, 1.54) is 15.4 Å². The Morgan fingerprint density at radius 2 is 1.73 bits per heavy atom. The van der Waals surface area contributed by atoms with Gasteiger partial charge >= 0.3 is 0 Å². The van der Waals surface area contributed by atoms with Gasteiger partial charge < -0.3 is 15.5 Å². The zero-order chi connectivity index (χ0) is 21.2. The third kappa shape index (κ3) is 7.38. The van der Waals surface area contributed by atoms with E-state index in [1.807, 2.05) is 7.05 Å². The second-order valence-corrected chi connectivity index (χ2v) is 9.17. The van der Waals surface area contributed by atoms with E-state index in [-0.39, 0.29) is 0 Å². The minimum atomic E-state index is 0.857. The Morgan fingerprint density at radius 3 is 2.40 bits per heavy atom. The highest BCUT2D eigenvalue weighted by Gasteiger charge is 2.16. The summed E-state index contributed by atoms with van der Waals surface area (Å²) in [6.07, 6.45) is 2.07. The molecule has 164 valence electrons. The molecule has 1 fully saturated rings. The topological polar surface area (TPSA) is 55.8 Å². The first-order valence-electron chi connectivity index (χ1n) is 11.0. The van der Waals surface area contributed by atoms with Gasteiger partial charge in [0.25, 0.3) is 0 Å². The summed E-state index contributed by atoms with van der Waals surface area (Å²) in [7, 11) is 1.83. The predicted molar refractivity (Wildman–Crippen MR) is 127 cm³/mol. The molecule has 1 aliphatic rings. The molecule has 7 heteroatoms. The maximum Gasteiger partial charge on any atom is 0.190 e. The van der Waals surface area contributed by atoms with Crippen molar-refractivity contribution in [3.8, 4) is 0 Å². The lowest BCUT2D eigenvalue weighted by atomic mass is 10.2. The normalized spacial score (nSPS) is 16.0. The second-order valence-electron chi connectivity index (χ2n) is 7.88. The molecule has 0 bridgehead atoms. The number of aromatic nitrogens is 1. The lowest BCUT2D eigenvalue weighted by Gasteiger charge is -2.34. The van der Waals surface area contributed by atoms with E-state index in [1.54, 1.807) is 11.3 Å². The lowest BCUT2D eigenvalue weighted by Crippen LogP contribution is -2.46. The van der Waals surface area contributed by atoms with Crippen molar-refractivity contribution >= 4 is 17.3 Å². The summed E-state index contributed by atoms with van der Waals surface area (Å²) in [4.78, 5) is 15.4. The highest BCUT2D eigenvalue weighted by molar-refractivity contribution is 7.11. The highest BCUT2D eigenvalue weighted by Crippen LogP contribution is 2.16. The first-order valence-corrected chi connectivity index (χ1v) is 11.8. The summed E-state index contributed by atoms with van der Waals surface area (Å²) >= 11 is 1.79. The summed E-state index contributed by atoms with van der Waals surface area (Å²) in [5.41, 5.74) is 2.56. The number of rotatable bonds is 9. The van der Waals surface area contributed by atoms with Gasteiger partial charge in [0, 0.05) is 64.2 Å². The van der Waals surface area contributed by atoms with Crippen LogP contribution in [0.4, 0.5) is 0 Å². The molecule has 0 unspecified atom stereocenters. The average molecular weight is 429 g/mol. The molecule has 2 N–H and O–H groups in total. The fourth-order valence-corrected chi connectivity index (χ4v) is 4.61. The van der Waals surface area contributed by atoms with Gasteiger partial charge in [-0.2, -0.15) is 0 Å². The molecular weight excluding hydrogens is 392 g/mol. The zero-order valence-corrected chi connectivity index (χ0v) is 19.5. The molecule has 6 nitrogen and oxygen atoms in total. The number of piperazine rings is 1. The maximum atomic E-state index is 4.60. The van der Waals surface area contributed by atoms with Gasteiger partial charge in [-0.25, -0.2) is 4.98 Å². The van der Waals surface area contributed by atoms with Gasteiger partial charge in [0.05, 0.1) is 10.7 Å². The first kappa shape index (κ1) is 22.7. The first-order chi connectivity index (χ1) is 14.6. The number of nitrogens with one attached hydrogen (secondary N) is 2. The standard InChI is InChI=1S/C23H36N6S/c1-19-20(2)30-22(27-19)10-12-26-23(24-3)25-11-7-13-28-14-16-29(17-15-28)18-21-8-5-4-6-9-21/h4-6,8-9H,7,10-18H2,1-3H3,(H2,24,25,26). The summed E-state index contributed by atoms with van der Waals surface area (Å²) in [5.74, 6) is 0.882. The maximum absolute atomic E-state index is 4.60. The van der Waals surface area contributed by atoms with E-state index >= 15 is 0 Å². The van der Waals surface area contributed by atoms with Crippen molar-refractivity contribution in [2.75, 3.05) is 52.9 Å². The van der Waals surface area contributed by atoms with Crippen LogP contribution in [0.2, 0.25) is 0 Å². The third-order valence-electron chi connectivity index (χ3n) is 5.59. The number of nitrogens with zero attached hydrogens (tertiary/aromatic N) is 4.